The Morgan fingerprint density at radius 1 is 1.38 bits per heavy atom. The molecule has 0 aliphatic carbocycles. The molecule has 0 amide bonds. The highest BCUT2D eigenvalue weighted by Gasteiger charge is 2.16. The molecule has 0 aliphatic rings. The Morgan fingerprint density at radius 2 is 2.00 bits per heavy atom. The Bertz CT molecular complexity index is 329. The molecule has 1 aromatic carbocycles. The number of nitrogens with zero attached hydrogens (tertiary/aromatic N) is 1. The predicted molar refractivity (Wildman–Crippen MR) is 65.1 cm³/mol. The molecule has 0 aromatic heterocycles. The van der Waals surface area contributed by atoms with E-state index in [0.29, 0.717) is 12.2 Å². The van der Waals surface area contributed by atoms with Crippen molar-refractivity contribution in [1.29, 1.82) is 0 Å². The van der Waals surface area contributed by atoms with Crippen molar-refractivity contribution in [1.82, 2.24) is 0 Å². The second kappa shape index (κ2) is 5.85. The summed E-state index contributed by atoms with van der Waals surface area (Å²) in [6.07, 6.45) is 0.501. The van der Waals surface area contributed by atoms with Gasteiger partial charge in [-0.25, -0.2) is 4.39 Å². The number of aliphatic hydroxyl groups is 1. The van der Waals surface area contributed by atoms with E-state index in [2.05, 4.69) is 0 Å². The van der Waals surface area contributed by atoms with E-state index >= 15 is 0 Å². The summed E-state index contributed by atoms with van der Waals surface area (Å²) in [4.78, 5) is 1.76. The summed E-state index contributed by atoms with van der Waals surface area (Å²) in [7, 11) is 1.80. The van der Waals surface area contributed by atoms with Gasteiger partial charge >= 0.3 is 0 Å². The van der Waals surface area contributed by atoms with Crippen LogP contribution in [0, 0.1) is 11.7 Å². The molecule has 1 rings (SSSR count). The number of halogens is 1. The molecule has 0 fully saturated rings. The Morgan fingerprint density at radius 3 is 2.56 bits per heavy atom. The van der Waals surface area contributed by atoms with Crippen molar-refractivity contribution < 1.29 is 9.50 Å². The van der Waals surface area contributed by atoms with Crippen molar-refractivity contribution in [2.75, 3.05) is 18.5 Å². The molecule has 2 nitrogen and oxygen atoms in total. The smallest absolute Gasteiger partial charge is 0.146 e. The van der Waals surface area contributed by atoms with Gasteiger partial charge in [-0.2, -0.15) is 0 Å². The summed E-state index contributed by atoms with van der Waals surface area (Å²) in [5, 5.41) is 9.88. The van der Waals surface area contributed by atoms with E-state index in [0.717, 1.165) is 6.42 Å². The lowest BCUT2D eigenvalue weighted by atomic mass is 10.0. The average molecular weight is 225 g/mol. The Labute approximate surface area is 96.7 Å². The molecule has 0 heterocycles. The number of para-hydroxylation sites is 1. The standard InChI is InChI=1S/C13H20FNO/c1-4-10(2)13(16)9-15(3)12-8-6-5-7-11(12)14/h5-8,10,13,16H,4,9H2,1-3H3. The molecule has 2 atom stereocenters. The van der Waals surface area contributed by atoms with Crippen molar-refractivity contribution in [3.05, 3.63) is 30.1 Å². The molecule has 0 saturated carbocycles. The largest absolute Gasteiger partial charge is 0.391 e. The van der Waals surface area contributed by atoms with Crippen molar-refractivity contribution in [2.45, 2.75) is 26.4 Å². The van der Waals surface area contributed by atoms with Crippen LogP contribution in [-0.4, -0.2) is 24.8 Å². The van der Waals surface area contributed by atoms with E-state index < -0.39 is 6.10 Å². The topological polar surface area (TPSA) is 23.5 Å². The fourth-order valence-corrected chi connectivity index (χ4v) is 1.59. The molecule has 0 radical (unpaired) electrons. The van der Waals surface area contributed by atoms with Crippen LogP contribution in [0.5, 0.6) is 0 Å². The van der Waals surface area contributed by atoms with Crippen LogP contribution in [0.25, 0.3) is 0 Å². The van der Waals surface area contributed by atoms with Gasteiger partial charge in [0.05, 0.1) is 11.8 Å². The first-order valence-electron chi connectivity index (χ1n) is 5.70. The minimum Gasteiger partial charge on any atom is -0.391 e. The normalized spacial score (nSPS) is 14.6. The van der Waals surface area contributed by atoms with E-state index in [9.17, 15) is 9.50 Å². The van der Waals surface area contributed by atoms with Crippen molar-refractivity contribution in [2.24, 2.45) is 5.92 Å². The quantitative estimate of drug-likeness (QED) is 0.832. The predicted octanol–water partition coefficient (Wildman–Crippen LogP) is 2.67. The van der Waals surface area contributed by atoms with Crippen LogP contribution in [0.4, 0.5) is 10.1 Å². The second-order valence-corrected chi connectivity index (χ2v) is 4.28. The van der Waals surface area contributed by atoms with Gasteiger partial charge < -0.3 is 10.0 Å². The minimum atomic E-state index is -0.422. The van der Waals surface area contributed by atoms with E-state index in [1.807, 2.05) is 13.8 Å². The zero-order valence-electron chi connectivity index (χ0n) is 10.2. The number of rotatable bonds is 5. The highest BCUT2D eigenvalue weighted by atomic mass is 19.1. The monoisotopic (exact) mass is 225 g/mol. The van der Waals surface area contributed by atoms with Crippen LogP contribution in [0.2, 0.25) is 0 Å². The lowest BCUT2D eigenvalue weighted by Gasteiger charge is -2.26. The lowest BCUT2D eigenvalue weighted by Crippen LogP contribution is -2.33. The van der Waals surface area contributed by atoms with Crippen LogP contribution < -0.4 is 4.90 Å². The summed E-state index contributed by atoms with van der Waals surface area (Å²) in [6.45, 7) is 4.49. The molecule has 0 aliphatic heterocycles. The molecule has 1 aromatic rings. The van der Waals surface area contributed by atoms with E-state index in [4.69, 9.17) is 0 Å². The number of anilines is 1. The van der Waals surface area contributed by atoms with Gasteiger partial charge in [0.1, 0.15) is 5.82 Å². The van der Waals surface area contributed by atoms with Crippen LogP contribution >= 0.6 is 0 Å². The number of aliphatic hydroxyl groups excluding tert-OH is 1. The number of likely N-dealkylation sites (N-methyl/N-ethyl adjacent to an activating group) is 1. The number of hydrogen-bond acceptors (Lipinski definition) is 2. The summed E-state index contributed by atoms with van der Waals surface area (Å²) in [5.74, 6) is -0.0180. The molecule has 0 bridgehead atoms. The van der Waals surface area contributed by atoms with Gasteiger partial charge in [0.2, 0.25) is 0 Å². The van der Waals surface area contributed by atoms with E-state index in [1.165, 1.54) is 6.07 Å². The second-order valence-electron chi connectivity index (χ2n) is 4.28. The molecule has 1 N–H and O–H groups in total. The molecule has 90 valence electrons. The van der Waals surface area contributed by atoms with Crippen molar-refractivity contribution in [3.63, 3.8) is 0 Å². The SMILES string of the molecule is CCC(C)C(O)CN(C)c1ccccc1F. The van der Waals surface area contributed by atoms with E-state index in [-0.39, 0.29) is 11.7 Å². The van der Waals surface area contributed by atoms with Gasteiger partial charge in [0.15, 0.2) is 0 Å². The summed E-state index contributed by atoms with van der Waals surface area (Å²) >= 11 is 0. The zero-order valence-corrected chi connectivity index (χ0v) is 10.2. The Hall–Kier alpha value is -1.09. The maximum absolute atomic E-state index is 13.5. The van der Waals surface area contributed by atoms with Gasteiger partial charge in [0, 0.05) is 13.6 Å². The third-order valence-corrected chi connectivity index (χ3v) is 3.03. The number of hydrogen-bond donors (Lipinski definition) is 1. The summed E-state index contributed by atoms with van der Waals surface area (Å²) in [5.41, 5.74) is 0.532. The molecular formula is C13H20FNO. The van der Waals surface area contributed by atoms with E-state index in [1.54, 1.807) is 30.1 Å². The third kappa shape index (κ3) is 3.20. The van der Waals surface area contributed by atoms with Crippen LogP contribution in [-0.2, 0) is 0 Å². The third-order valence-electron chi connectivity index (χ3n) is 3.03. The Kier molecular flexibility index (Phi) is 4.74. The van der Waals surface area contributed by atoms with Gasteiger partial charge in [0.25, 0.3) is 0 Å². The lowest BCUT2D eigenvalue weighted by molar-refractivity contribution is 0.121. The van der Waals surface area contributed by atoms with Crippen molar-refractivity contribution >= 4 is 5.69 Å². The van der Waals surface area contributed by atoms with Crippen molar-refractivity contribution in [3.8, 4) is 0 Å². The fourth-order valence-electron chi connectivity index (χ4n) is 1.59. The first kappa shape index (κ1) is 13.0. The van der Waals surface area contributed by atoms with Gasteiger partial charge in [-0.3, -0.25) is 0 Å². The van der Waals surface area contributed by atoms with Crippen LogP contribution in [0.1, 0.15) is 20.3 Å². The van der Waals surface area contributed by atoms with Crippen LogP contribution in [0.3, 0.4) is 0 Å². The average Bonchev–Trinajstić information content (AvgIpc) is 2.28. The molecule has 2 unspecified atom stereocenters. The first-order chi connectivity index (χ1) is 7.56. The molecule has 16 heavy (non-hydrogen) atoms. The minimum absolute atomic E-state index is 0.231. The summed E-state index contributed by atoms with van der Waals surface area (Å²) < 4.78 is 13.5. The van der Waals surface area contributed by atoms with Gasteiger partial charge in [-0.15, -0.1) is 0 Å². The number of benzene rings is 1. The van der Waals surface area contributed by atoms with Gasteiger partial charge in [-0.05, 0) is 18.1 Å². The maximum atomic E-state index is 13.5. The molecular weight excluding hydrogens is 205 g/mol. The molecule has 0 spiro atoms. The zero-order chi connectivity index (χ0) is 12.1. The Balaban J connectivity index is 2.65. The molecule has 0 saturated heterocycles. The maximum Gasteiger partial charge on any atom is 0.146 e. The molecule has 3 heteroatoms. The van der Waals surface area contributed by atoms with Crippen LogP contribution in [0.15, 0.2) is 24.3 Å². The fraction of sp³-hybridized carbons (Fsp3) is 0.538. The first-order valence-corrected chi connectivity index (χ1v) is 5.70. The van der Waals surface area contributed by atoms with Gasteiger partial charge in [-0.1, -0.05) is 32.4 Å². The highest BCUT2D eigenvalue weighted by Crippen LogP contribution is 2.18. The summed E-state index contributed by atoms with van der Waals surface area (Å²) in [6, 6.07) is 6.61. The highest BCUT2D eigenvalue weighted by molar-refractivity contribution is 5.46.